The van der Waals surface area contributed by atoms with Crippen molar-refractivity contribution in [2.45, 2.75) is 129 Å². The first-order valence-electron chi connectivity index (χ1n) is 29.1. The normalized spacial score (nSPS) is 16.4. The van der Waals surface area contributed by atoms with Crippen LogP contribution in [0.5, 0.6) is 5.75 Å². The highest BCUT2D eigenvalue weighted by molar-refractivity contribution is 7.93. The number of aliphatic imine (C=N–C) groups is 1. The maximum Gasteiger partial charge on any atom is 0.373 e. The Kier molecular flexibility index (Phi) is 21.6. The molecule has 0 radical (unpaired) electrons. The number of nitrogens with one attached hydrogen (secondary N) is 5. The van der Waals surface area contributed by atoms with Crippen molar-refractivity contribution in [2.24, 2.45) is 26.0 Å². The van der Waals surface area contributed by atoms with Crippen molar-refractivity contribution in [3.8, 4) is 5.75 Å². The Labute approximate surface area is 523 Å². The van der Waals surface area contributed by atoms with Crippen molar-refractivity contribution in [3.63, 3.8) is 0 Å². The van der Waals surface area contributed by atoms with Gasteiger partial charge in [-0.1, -0.05) is 130 Å². The number of rotatable bonds is 19. The third-order valence-corrected chi connectivity index (χ3v) is 18.4. The van der Waals surface area contributed by atoms with Crippen LogP contribution in [0.3, 0.4) is 0 Å². The maximum absolute atomic E-state index is 15.8. The van der Waals surface area contributed by atoms with E-state index in [9.17, 15) is 30.4 Å². The van der Waals surface area contributed by atoms with E-state index in [0.29, 0.717) is 72.3 Å². The summed E-state index contributed by atoms with van der Waals surface area (Å²) in [5.41, 5.74) is 11.5. The van der Waals surface area contributed by atoms with Gasteiger partial charge < -0.3 is 14.7 Å². The van der Waals surface area contributed by atoms with E-state index in [0.717, 1.165) is 29.9 Å². The quantitative estimate of drug-likeness (QED) is 0.0325. The first kappa shape index (κ1) is 68.3. The molecule has 0 amide bonds. The molecule has 1 fully saturated rings. The van der Waals surface area contributed by atoms with E-state index in [2.05, 4.69) is 144 Å². The van der Waals surface area contributed by atoms with Crippen LogP contribution in [0.25, 0.3) is 0 Å². The van der Waals surface area contributed by atoms with Crippen LogP contribution < -0.4 is 29.9 Å². The van der Waals surface area contributed by atoms with E-state index in [4.69, 9.17) is 19.3 Å². The Hall–Kier alpha value is -8.15. The summed E-state index contributed by atoms with van der Waals surface area (Å²) in [6.07, 6.45) is 3.80. The number of ether oxygens (including phenoxy) is 1. The lowest BCUT2D eigenvalue weighted by molar-refractivity contribution is -0.191. The molecule has 0 saturated carbocycles. The number of benzene rings is 6. The number of nitrogens with zero attached hydrogens (tertiary/aromatic N) is 5. The van der Waals surface area contributed by atoms with Gasteiger partial charge in [-0.2, -0.15) is 24.9 Å². The number of carbonyl (C=O) groups excluding carboxylic acids is 2. The van der Waals surface area contributed by atoms with Crippen LogP contribution in [0.2, 0.25) is 0 Å². The molecule has 0 aliphatic carbocycles. The fraction of sp³-hybridized carbons (Fsp3) is 0.385. The fourth-order valence-electron chi connectivity index (χ4n) is 11.3. The molecule has 6 aromatic carbocycles. The number of hydrazone groups is 2. The lowest BCUT2D eigenvalue weighted by Gasteiger charge is -2.34. The van der Waals surface area contributed by atoms with Gasteiger partial charge in [-0.3, -0.25) is 25.0 Å². The summed E-state index contributed by atoms with van der Waals surface area (Å²) >= 11 is 0. The smallest absolute Gasteiger partial charge is 0.373 e. The monoisotopic (exact) mass is 1280 g/mol. The Morgan fingerprint density at radius 2 is 1.37 bits per heavy atom. The number of anilines is 5. The number of fused-ring (bicyclic) bond motifs is 1. The van der Waals surface area contributed by atoms with Crippen LogP contribution in [0.1, 0.15) is 128 Å². The Morgan fingerprint density at radius 3 is 1.94 bits per heavy atom. The predicted molar refractivity (Wildman–Crippen MR) is 350 cm³/mol. The number of hydrazine groups is 1. The van der Waals surface area contributed by atoms with Gasteiger partial charge in [0.2, 0.25) is 16.2 Å². The third-order valence-electron chi connectivity index (χ3n) is 15.0. The predicted octanol–water partition coefficient (Wildman–Crippen LogP) is 11.9. The first-order valence-corrected chi connectivity index (χ1v) is 34.0. The van der Waals surface area contributed by atoms with Crippen LogP contribution >= 0.6 is 0 Å². The second-order valence-corrected chi connectivity index (χ2v) is 30.2. The van der Waals surface area contributed by atoms with E-state index in [1.54, 1.807) is 36.4 Å². The Bertz CT molecular complexity index is 3960. The molecule has 0 bridgehead atoms. The number of morpholine rings is 1. The van der Waals surface area contributed by atoms with Gasteiger partial charge in [0.1, 0.15) is 22.2 Å². The Morgan fingerprint density at radius 1 is 0.764 bits per heavy atom. The number of amidine groups is 1. The summed E-state index contributed by atoms with van der Waals surface area (Å²) in [7, 11) is -12.4. The summed E-state index contributed by atoms with van der Waals surface area (Å²) in [6.45, 7) is 24.3. The number of sulfonamides is 3. The molecule has 89 heavy (non-hydrogen) atoms. The van der Waals surface area contributed by atoms with Crippen LogP contribution in [-0.4, -0.2) is 97.6 Å². The number of aromatic hydroxyl groups is 1. The van der Waals surface area contributed by atoms with Crippen molar-refractivity contribution >= 4 is 81.9 Å². The van der Waals surface area contributed by atoms with E-state index in [1.807, 2.05) is 32.6 Å². The molecule has 20 nitrogen and oxygen atoms in total. The van der Waals surface area contributed by atoms with Gasteiger partial charge in [0.25, 0.3) is 20.0 Å². The third kappa shape index (κ3) is 18.0. The Balaban J connectivity index is 0.000000453. The lowest BCUT2D eigenvalue weighted by Crippen LogP contribution is -2.37. The number of halogens is 1. The number of phenolic OH excluding ortho intramolecular Hbond substituents is 1. The maximum atomic E-state index is 15.8. The molecule has 3 aliphatic heterocycles. The molecule has 0 spiro atoms. The molecule has 24 heteroatoms. The SMILES string of the molecule is CCC(CC(C)c1ccccc1)c1ccccc1.Cc1cc(NS(=O)(=O)c2cc(NS(=O)(=O)c3ccc(NN=C4C(C(C)(C)C)=NN5NC(c6ccc(NS(C)(=O)=O)cc6)=NC45)c(F)c3)ccc2N2CCOCC2)c(O)cc1C(C)(C)CC(C)(C)C.O=C=O. The molecular weight excluding hydrogens is 1200 g/mol. The standard InChI is InChI=1S/C46H59FN10O8S3.C18H22.CO2/c1-28-23-36(38(58)26-33(28)46(8,9)27-44(2,3)4)55-68(63,64)39-24-31(15-18-37(39)56-19-21-65-22-20-56)54-67(61,62)32-16-17-35(34(47)25-32)49-50-40-41(45(5,6)7)51-57-43(40)48-42(52-57)29-11-13-30(14-12-29)53-66(10,59)60;1-3-16(18-12-8-5-9-13-18)14-15(2)17-10-6-4-7-11-17;2-1-3/h11-18,23-26,43,49,53-55,58H,19-22,27H2,1-10H3,(H,48,52);4-13,15-16H,3,14H2,1-2H3;. The summed E-state index contributed by atoms with van der Waals surface area (Å²) < 4.78 is 108. The number of hydrogen-bond donors (Lipinski definition) is 6. The average molecular weight is 1280 g/mol. The highest BCUT2D eigenvalue weighted by Crippen LogP contribution is 2.42. The van der Waals surface area contributed by atoms with Crippen molar-refractivity contribution in [2.75, 3.05) is 57.1 Å². The largest absolute Gasteiger partial charge is 0.506 e. The van der Waals surface area contributed by atoms with E-state index < -0.39 is 52.4 Å². The van der Waals surface area contributed by atoms with E-state index in [-0.39, 0.29) is 44.7 Å². The van der Waals surface area contributed by atoms with Crippen LogP contribution in [0.4, 0.5) is 32.8 Å². The van der Waals surface area contributed by atoms with Crippen LogP contribution in [0.15, 0.2) is 158 Å². The van der Waals surface area contributed by atoms with Crippen molar-refractivity contribution < 1.29 is 49.1 Å². The van der Waals surface area contributed by atoms with Gasteiger partial charge in [0.15, 0.2) is 5.84 Å². The minimum absolute atomic E-state index is 0.0123. The van der Waals surface area contributed by atoms with Gasteiger partial charge >= 0.3 is 6.15 Å². The van der Waals surface area contributed by atoms with Gasteiger partial charge in [-0.15, -0.1) is 0 Å². The molecule has 3 aliphatic rings. The molecule has 6 aromatic rings. The van der Waals surface area contributed by atoms with E-state index >= 15 is 4.39 Å². The average Bonchev–Trinajstić information content (AvgIpc) is 1.79. The molecule has 476 valence electrons. The van der Waals surface area contributed by atoms with Crippen molar-refractivity contribution in [3.05, 3.63) is 167 Å². The summed E-state index contributed by atoms with van der Waals surface area (Å²) in [6, 6.07) is 38.8. The molecule has 3 unspecified atom stereocenters. The molecule has 0 aromatic heterocycles. The molecule has 6 N–H and O–H groups in total. The van der Waals surface area contributed by atoms with Gasteiger partial charge in [0.05, 0.1) is 52.8 Å². The zero-order valence-corrected chi connectivity index (χ0v) is 54.8. The van der Waals surface area contributed by atoms with Gasteiger partial charge in [-0.05, 0) is 144 Å². The minimum atomic E-state index is -4.50. The topological polar surface area (TPSA) is 270 Å². The lowest BCUT2D eigenvalue weighted by atomic mass is 9.71. The first-order chi connectivity index (χ1) is 41.7. The van der Waals surface area contributed by atoms with Crippen molar-refractivity contribution in [1.29, 1.82) is 0 Å². The zero-order chi connectivity index (χ0) is 65.3. The van der Waals surface area contributed by atoms with Crippen molar-refractivity contribution in [1.82, 2.24) is 10.5 Å². The second-order valence-electron chi connectivity index (χ2n) is 25.2. The van der Waals surface area contributed by atoms with Gasteiger partial charge in [0, 0.05) is 29.8 Å². The fourth-order valence-corrected chi connectivity index (χ4v) is 14.2. The number of phenols is 1. The molecule has 1 saturated heterocycles. The summed E-state index contributed by atoms with van der Waals surface area (Å²) in [5, 5.41) is 21.9. The highest BCUT2D eigenvalue weighted by Gasteiger charge is 2.43. The molecule has 3 atom stereocenters. The summed E-state index contributed by atoms with van der Waals surface area (Å²) in [5.74, 6) is 0.517. The van der Waals surface area contributed by atoms with Crippen LogP contribution in [-0.2, 0) is 49.8 Å². The van der Waals surface area contributed by atoms with Crippen LogP contribution in [0, 0.1) is 23.6 Å². The summed E-state index contributed by atoms with van der Waals surface area (Å²) in [4.78, 5) is 22.1. The van der Waals surface area contributed by atoms with Gasteiger partial charge in [-0.25, -0.2) is 34.6 Å². The van der Waals surface area contributed by atoms with E-state index in [1.165, 1.54) is 59.4 Å². The molecule has 9 rings (SSSR count). The zero-order valence-electron chi connectivity index (χ0n) is 52.3. The molecule has 3 heterocycles. The molecular formula is C65H81FN10O10S3. The highest BCUT2D eigenvalue weighted by atomic mass is 32.2. The number of aryl methyl sites for hydroxylation is 1. The minimum Gasteiger partial charge on any atom is -0.506 e. The second kappa shape index (κ2) is 28.1. The number of hydrogen-bond acceptors (Lipinski definition) is 17.